The summed E-state index contributed by atoms with van der Waals surface area (Å²) in [5, 5.41) is 8.73. The second-order valence-corrected chi connectivity index (χ2v) is 5.87. The summed E-state index contributed by atoms with van der Waals surface area (Å²) in [6.45, 7) is 2.13. The number of hydrogen-bond donors (Lipinski definition) is 1. The van der Waals surface area contributed by atoms with Gasteiger partial charge in [0.2, 0.25) is 0 Å². The van der Waals surface area contributed by atoms with E-state index in [0.717, 1.165) is 25.9 Å². The van der Waals surface area contributed by atoms with Gasteiger partial charge in [-0.3, -0.25) is 9.59 Å². The van der Waals surface area contributed by atoms with E-state index in [1.165, 1.54) is 0 Å². The Morgan fingerprint density at radius 3 is 2.71 bits per heavy atom. The van der Waals surface area contributed by atoms with Crippen molar-refractivity contribution in [1.82, 2.24) is 4.90 Å². The van der Waals surface area contributed by atoms with Gasteiger partial charge in [-0.2, -0.15) is 0 Å². The van der Waals surface area contributed by atoms with Crippen molar-refractivity contribution in [1.29, 1.82) is 0 Å². The van der Waals surface area contributed by atoms with E-state index in [0.29, 0.717) is 24.3 Å². The SMILES string of the molecule is O=C(O)CCN1CCC2(CC1)CC(=O)c1ccccc1O2. The van der Waals surface area contributed by atoms with E-state index < -0.39 is 11.6 Å². The highest BCUT2D eigenvalue weighted by Gasteiger charge is 2.42. The standard InChI is InChI=1S/C16H19NO4/c18-13-11-16(21-14-4-2-1-3-12(13)14)6-9-17(10-7-16)8-5-15(19)20/h1-4H,5-11H2,(H,19,20). The molecule has 1 aromatic rings. The molecule has 21 heavy (non-hydrogen) atoms. The van der Waals surface area contributed by atoms with E-state index in [4.69, 9.17) is 9.84 Å². The lowest BCUT2D eigenvalue weighted by atomic mass is 9.82. The molecule has 112 valence electrons. The zero-order valence-corrected chi connectivity index (χ0v) is 11.9. The second kappa shape index (κ2) is 5.48. The van der Waals surface area contributed by atoms with Crippen molar-refractivity contribution in [2.24, 2.45) is 0 Å². The van der Waals surface area contributed by atoms with Crippen molar-refractivity contribution in [3.63, 3.8) is 0 Å². The molecule has 0 radical (unpaired) electrons. The number of aliphatic carboxylic acids is 1. The Labute approximate surface area is 123 Å². The molecular weight excluding hydrogens is 270 g/mol. The zero-order valence-electron chi connectivity index (χ0n) is 11.9. The van der Waals surface area contributed by atoms with Crippen molar-refractivity contribution in [3.05, 3.63) is 29.8 Å². The Kier molecular flexibility index (Phi) is 3.68. The van der Waals surface area contributed by atoms with Crippen molar-refractivity contribution in [3.8, 4) is 5.75 Å². The molecule has 1 fully saturated rings. The number of carbonyl (C=O) groups is 2. The summed E-state index contributed by atoms with van der Waals surface area (Å²) >= 11 is 0. The molecule has 2 aliphatic rings. The molecule has 0 aromatic heterocycles. The van der Waals surface area contributed by atoms with E-state index in [1.54, 1.807) is 0 Å². The van der Waals surface area contributed by atoms with Gasteiger partial charge < -0.3 is 14.7 Å². The maximum absolute atomic E-state index is 12.3. The molecule has 2 aliphatic heterocycles. The van der Waals surface area contributed by atoms with Crippen molar-refractivity contribution >= 4 is 11.8 Å². The monoisotopic (exact) mass is 289 g/mol. The van der Waals surface area contributed by atoms with Crippen LogP contribution in [0.5, 0.6) is 5.75 Å². The molecule has 1 spiro atoms. The largest absolute Gasteiger partial charge is 0.486 e. The predicted molar refractivity (Wildman–Crippen MR) is 76.7 cm³/mol. The fourth-order valence-electron chi connectivity index (χ4n) is 3.16. The molecule has 1 N–H and O–H groups in total. The number of carbonyl (C=O) groups excluding carboxylic acids is 1. The topological polar surface area (TPSA) is 66.8 Å². The number of piperidine rings is 1. The average Bonchev–Trinajstić information content (AvgIpc) is 2.47. The summed E-state index contributed by atoms with van der Waals surface area (Å²) in [4.78, 5) is 25.0. The molecule has 3 rings (SSSR count). The Hall–Kier alpha value is -1.88. The molecule has 5 heteroatoms. The molecule has 0 atom stereocenters. The summed E-state index contributed by atoms with van der Waals surface area (Å²) in [6.07, 6.45) is 2.13. The smallest absolute Gasteiger partial charge is 0.304 e. The first-order valence-corrected chi connectivity index (χ1v) is 7.33. The highest BCUT2D eigenvalue weighted by molar-refractivity contribution is 6.00. The van der Waals surface area contributed by atoms with Crippen LogP contribution in [0.4, 0.5) is 0 Å². The fourth-order valence-corrected chi connectivity index (χ4v) is 3.16. The number of carboxylic acids is 1. The number of ether oxygens (including phenoxy) is 1. The highest BCUT2D eigenvalue weighted by atomic mass is 16.5. The van der Waals surface area contributed by atoms with Gasteiger partial charge in [0.05, 0.1) is 18.4 Å². The number of nitrogens with zero attached hydrogens (tertiary/aromatic N) is 1. The van der Waals surface area contributed by atoms with E-state index in [-0.39, 0.29) is 12.2 Å². The third-order valence-electron chi connectivity index (χ3n) is 4.41. The number of ketones is 1. The quantitative estimate of drug-likeness (QED) is 0.921. The Balaban J connectivity index is 1.66. The van der Waals surface area contributed by atoms with Crippen LogP contribution in [-0.2, 0) is 4.79 Å². The number of benzene rings is 1. The van der Waals surface area contributed by atoms with Gasteiger partial charge in [0.1, 0.15) is 11.4 Å². The summed E-state index contributed by atoms with van der Waals surface area (Å²) in [6, 6.07) is 7.40. The van der Waals surface area contributed by atoms with Crippen molar-refractivity contribution in [2.45, 2.75) is 31.3 Å². The van der Waals surface area contributed by atoms with E-state index in [9.17, 15) is 9.59 Å². The van der Waals surface area contributed by atoms with Crippen LogP contribution in [0.1, 0.15) is 36.0 Å². The highest BCUT2D eigenvalue weighted by Crippen LogP contribution is 2.39. The van der Waals surface area contributed by atoms with E-state index in [1.807, 2.05) is 24.3 Å². The Bertz CT molecular complexity index is 561. The maximum Gasteiger partial charge on any atom is 0.304 e. The number of Topliss-reactive ketones (excluding diaryl/α,β-unsaturated/α-hetero) is 1. The molecule has 1 aromatic carbocycles. The van der Waals surface area contributed by atoms with Gasteiger partial charge in [0.15, 0.2) is 5.78 Å². The molecule has 2 heterocycles. The molecule has 0 amide bonds. The number of carboxylic acid groups (broad SMARTS) is 1. The minimum Gasteiger partial charge on any atom is -0.486 e. The summed E-state index contributed by atoms with van der Waals surface area (Å²) in [5.41, 5.74) is 0.280. The number of para-hydroxylation sites is 1. The molecule has 0 unspecified atom stereocenters. The zero-order chi connectivity index (χ0) is 14.9. The van der Waals surface area contributed by atoms with Crippen LogP contribution >= 0.6 is 0 Å². The number of rotatable bonds is 3. The predicted octanol–water partition coefficient (Wildman–Crippen LogP) is 1.96. The molecule has 0 aliphatic carbocycles. The normalized spacial score (nSPS) is 20.9. The Morgan fingerprint density at radius 2 is 2.00 bits per heavy atom. The third-order valence-corrected chi connectivity index (χ3v) is 4.41. The minimum atomic E-state index is -0.770. The lowest BCUT2D eigenvalue weighted by molar-refractivity contribution is -0.137. The van der Waals surface area contributed by atoms with Crippen LogP contribution in [0.15, 0.2) is 24.3 Å². The van der Waals surface area contributed by atoms with Crippen LogP contribution in [0.3, 0.4) is 0 Å². The molecule has 0 saturated carbocycles. The van der Waals surface area contributed by atoms with Crippen LogP contribution in [0.25, 0.3) is 0 Å². The second-order valence-electron chi connectivity index (χ2n) is 5.87. The van der Waals surface area contributed by atoms with Gasteiger partial charge in [0, 0.05) is 32.5 Å². The first kappa shape index (κ1) is 14.1. The van der Waals surface area contributed by atoms with Gasteiger partial charge in [-0.1, -0.05) is 12.1 Å². The van der Waals surface area contributed by atoms with Gasteiger partial charge >= 0.3 is 5.97 Å². The van der Waals surface area contributed by atoms with Crippen molar-refractivity contribution < 1.29 is 19.4 Å². The summed E-state index contributed by atoms with van der Waals surface area (Å²) in [5.74, 6) is 0.0666. The van der Waals surface area contributed by atoms with Crippen molar-refractivity contribution in [2.75, 3.05) is 19.6 Å². The van der Waals surface area contributed by atoms with Crippen LogP contribution < -0.4 is 4.74 Å². The lowest BCUT2D eigenvalue weighted by Gasteiger charge is -2.43. The maximum atomic E-state index is 12.3. The van der Waals surface area contributed by atoms with E-state index >= 15 is 0 Å². The fraction of sp³-hybridized carbons (Fsp3) is 0.500. The Morgan fingerprint density at radius 1 is 1.29 bits per heavy atom. The number of hydrogen-bond acceptors (Lipinski definition) is 4. The van der Waals surface area contributed by atoms with E-state index in [2.05, 4.69) is 4.90 Å². The van der Waals surface area contributed by atoms with Gasteiger partial charge in [-0.15, -0.1) is 0 Å². The first-order valence-electron chi connectivity index (χ1n) is 7.33. The lowest BCUT2D eigenvalue weighted by Crippen LogP contribution is -2.51. The van der Waals surface area contributed by atoms with Gasteiger partial charge in [0.25, 0.3) is 0 Å². The number of likely N-dealkylation sites (tertiary alicyclic amines) is 1. The molecule has 5 nitrogen and oxygen atoms in total. The molecule has 0 bridgehead atoms. The van der Waals surface area contributed by atoms with Crippen LogP contribution in [0.2, 0.25) is 0 Å². The van der Waals surface area contributed by atoms with Crippen LogP contribution in [-0.4, -0.2) is 47.0 Å². The van der Waals surface area contributed by atoms with Crippen LogP contribution in [0, 0.1) is 0 Å². The summed E-state index contributed by atoms with van der Waals surface area (Å²) in [7, 11) is 0. The average molecular weight is 289 g/mol. The first-order chi connectivity index (χ1) is 10.1. The van der Waals surface area contributed by atoms with Gasteiger partial charge in [-0.05, 0) is 12.1 Å². The molecular formula is C16H19NO4. The minimum absolute atomic E-state index is 0.149. The number of fused-ring (bicyclic) bond motifs is 1. The molecule has 1 saturated heterocycles. The summed E-state index contributed by atoms with van der Waals surface area (Å²) < 4.78 is 6.14. The third kappa shape index (κ3) is 2.93. The van der Waals surface area contributed by atoms with Gasteiger partial charge in [-0.25, -0.2) is 0 Å².